The highest BCUT2D eigenvalue weighted by Gasteiger charge is 2.32. The molecule has 0 aromatic rings. The predicted molar refractivity (Wildman–Crippen MR) is 141 cm³/mol. The molecule has 3 amide bonds. The Morgan fingerprint density at radius 1 is 0.703 bits per heavy atom. The number of carbonyl (C=O) groups is 4. The van der Waals surface area contributed by atoms with E-state index in [0.717, 1.165) is 0 Å². The van der Waals surface area contributed by atoms with Gasteiger partial charge in [-0.15, -0.1) is 0 Å². The minimum Gasteiger partial charge on any atom is -0.480 e. The fraction of sp³-hybridized carbons (Fsp3) is 0.727. The third-order valence-corrected chi connectivity index (χ3v) is 5.41. The normalized spacial score (nSPS) is 14.1. The Hall–Kier alpha value is -3.62. The van der Waals surface area contributed by atoms with Crippen molar-refractivity contribution in [2.24, 2.45) is 50.5 Å². The summed E-state index contributed by atoms with van der Waals surface area (Å²) in [5.41, 5.74) is 27.1. The second-order valence-electron chi connectivity index (χ2n) is 9.36. The zero-order valence-corrected chi connectivity index (χ0v) is 22.1. The Morgan fingerprint density at radius 2 is 1.16 bits per heavy atom. The van der Waals surface area contributed by atoms with Crippen molar-refractivity contribution in [1.82, 2.24) is 16.0 Å². The molecule has 0 aromatic carbocycles. The van der Waals surface area contributed by atoms with E-state index < -0.39 is 53.8 Å². The molecule has 0 aromatic heterocycles. The van der Waals surface area contributed by atoms with Gasteiger partial charge in [-0.25, -0.2) is 4.79 Å². The molecule has 0 bridgehead atoms. The van der Waals surface area contributed by atoms with E-state index in [-0.39, 0.29) is 43.8 Å². The lowest BCUT2D eigenvalue weighted by Gasteiger charge is -2.27. The number of carboxylic acid groups (broad SMARTS) is 1. The van der Waals surface area contributed by atoms with E-state index in [4.69, 9.17) is 28.7 Å². The van der Waals surface area contributed by atoms with Crippen LogP contribution in [0, 0.1) is 11.8 Å². The van der Waals surface area contributed by atoms with Gasteiger partial charge in [0.25, 0.3) is 0 Å². The summed E-state index contributed by atoms with van der Waals surface area (Å²) in [6, 6.07) is -4.13. The van der Waals surface area contributed by atoms with Gasteiger partial charge < -0.3 is 49.7 Å². The third kappa shape index (κ3) is 13.9. The number of aliphatic imine (C=N–C) groups is 2. The number of guanidine groups is 2. The van der Waals surface area contributed by atoms with Crippen molar-refractivity contribution in [1.29, 1.82) is 0 Å². The first kappa shape index (κ1) is 33.4. The SMILES string of the molecule is CC(C)C(N)C(=O)NC(CCCN=C(N)N)C(=O)NC(C(=O)NC(CCCN=C(N)N)C(=O)O)C(C)C. The first-order valence-corrected chi connectivity index (χ1v) is 12.2. The Kier molecular flexibility index (Phi) is 15.3. The van der Waals surface area contributed by atoms with Gasteiger partial charge in [-0.2, -0.15) is 0 Å². The number of hydrogen-bond donors (Lipinski definition) is 9. The number of nitrogens with one attached hydrogen (secondary N) is 3. The van der Waals surface area contributed by atoms with Crippen molar-refractivity contribution in [3.63, 3.8) is 0 Å². The van der Waals surface area contributed by atoms with E-state index in [9.17, 15) is 24.3 Å². The van der Waals surface area contributed by atoms with Gasteiger partial charge in [-0.3, -0.25) is 24.4 Å². The van der Waals surface area contributed by atoms with Crippen LogP contribution in [0.1, 0.15) is 53.4 Å². The molecule has 4 unspecified atom stereocenters. The molecule has 0 aliphatic rings. The van der Waals surface area contributed by atoms with Crippen LogP contribution < -0.4 is 44.6 Å². The second kappa shape index (κ2) is 16.9. The van der Waals surface area contributed by atoms with E-state index in [1.807, 2.05) is 0 Å². The van der Waals surface area contributed by atoms with Gasteiger partial charge in [0.1, 0.15) is 18.1 Å². The minimum atomic E-state index is -1.24. The zero-order valence-electron chi connectivity index (χ0n) is 22.1. The van der Waals surface area contributed by atoms with Crippen molar-refractivity contribution < 1.29 is 24.3 Å². The molecule has 15 heteroatoms. The molecule has 0 fully saturated rings. The summed E-state index contributed by atoms with van der Waals surface area (Å²) in [5, 5.41) is 17.2. The molecule has 0 saturated carbocycles. The summed E-state index contributed by atoms with van der Waals surface area (Å²) in [4.78, 5) is 57.9. The average Bonchev–Trinajstić information content (AvgIpc) is 2.79. The Labute approximate surface area is 217 Å². The monoisotopic (exact) mass is 528 g/mol. The van der Waals surface area contributed by atoms with Crippen LogP contribution in [-0.4, -0.2) is 78.0 Å². The number of hydrogen-bond acceptors (Lipinski definition) is 7. The number of carboxylic acids is 1. The molecule has 0 rings (SSSR count). The fourth-order valence-corrected chi connectivity index (χ4v) is 3.15. The van der Waals surface area contributed by atoms with E-state index in [2.05, 4.69) is 25.9 Å². The predicted octanol–water partition coefficient (Wildman–Crippen LogP) is -2.73. The Bertz CT molecular complexity index is 823. The Balaban J connectivity index is 5.49. The number of aliphatic carboxylic acids is 1. The highest BCUT2D eigenvalue weighted by Crippen LogP contribution is 2.08. The smallest absolute Gasteiger partial charge is 0.326 e. The largest absolute Gasteiger partial charge is 0.480 e. The summed E-state index contributed by atoms with van der Waals surface area (Å²) >= 11 is 0. The maximum absolute atomic E-state index is 13.1. The number of carbonyl (C=O) groups excluding carboxylic acids is 3. The van der Waals surface area contributed by atoms with E-state index in [1.54, 1.807) is 27.7 Å². The Morgan fingerprint density at radius 3 is 1.57 bits per heavy atom. The van der Waals surface area contributed by atoms with Crippen LogP contribution in [0.3, 0.4) is 0 Å². The molecule has 0 spiro atoms. The van der Waals surface area contributed by atoms with Gasteiger partial charge in [0.05, 0.1) is 6.04 Å². The molecule has 14 N–H and O–H groups in total. The number of amides is 3. The van der Waals surface area contributed by atoms with Crippen molar-refractivity contribution in [2.75, 3.05) is 13.1 Å². The molecular weight excluding hydrogens is 484 g/mol. The number of rotatable bonds is 17. The lowest BCUT2D eigenvalue weighted by molar-refractivity contribution is -0.142. The highest BCUT2D eigenvalue weighted by atomic mass is 16.4. The van der Waals surface area contributed by atoms with Crippen molar-refractivity contribution in [2.45, 2.75) is 77.5 Å². The molecule has 0 saturated heterocycles. The molecule has 0 aliphatic carbocycles. The number of nitrogens with two attached hydrogens (primary N) is 5. The van der Waals surface area contributed by atoms with Crippen LogP contribution in [0.25, 0.3) is 0 Å². The molecule has 0 heterocycles. The summed E-state index contributed by atoms with van der Waals surface area (Å²) in [7, 11) is 0. The van der Waals surface area contributed by atoms with Gasteiger partial charge in [0.15, 0.2) is 11.9 Å². The quantitative estimate of drug-likeness (QED) is 0.0533. The standard InChI is InChI=1S/C22H44N10O5/c1-11(2)15(23)18(34)30-13(7-5-9-28-21(24)25)17(33)32-16(12(3)4)19(35)31-14(20(36)37)8-6-10-29-22(26)27/h11-16H,5-10,23H2,1-4H3,(H,30,34)(H,31,35)(H,32,33)(H,36,37)(H4,24,25,28)(H4,26,27,29). The average molecular weight is 529 g/mol. The maximum Gasteiger partial charge on any atom is 0.326 e. The van der Waals surface area contributed by atoms with Crippen LogP contribution in [0.15, 0.2) is 9.98 Å². The molecular formula is C22H44N10O5. The fourth-order valence-electron chi connectivity index (χ4n) is 3.15. The van der Waals surface area contributed by atoms with Gasteiger partial charge in [-0.05, 0) is 37.5 Å². The summed E-state index contributed by atoms with van der Waals surface area (Å²) in [5.74, 6) is -3.84. The highest BCUT2D eigenvalue weighted by molar-refractivity contribution is 5.94. The van der Waals surface area contributed by atoms with Gasteiger partial charge >= 0.3 is 5.97 Å². The summed E-state index contributed by atoms with van der Waals surface area (Å²) in [6.45, 7) is 7.36. The van der Waals surface area contributed by atoms with Crippen LogP contribution in [0.2, 0.25) is 0 Å². The summed E-state index contributed by atoms with van der Waals surface area (Å²) < 4.78 is 0. The molecule has 0 radical (unpaired) electrons. The lowest BCUT2D eigenvalue weighted by Crippen LogP contribution is -2.58. The molecule has 0 aliphatic heterocycles. The van der Waals surface area contributed by atoms with Crippen LogP contribution >= 0.6 is 0 Å². The topological polar surface area (TPSA) is 279 Å². The first-order valence-electron chi connectivity index (χ1n) is 12.2. The van der Waals surface area contributed by atoms with E-state index in [0.29, 0.717) is 12.8 Å². The maximum atomic E-state index is 13.1. The van der Waals surface area contributed by atoms with Crippen molar-refractivity contribution >= 4 is 35.6 Å². The van der Waals surface area contributed by atoms with Gasteiger partial charge in [0.2, 0.25) is 17.7 Å². The number of nitrogens with zero attached hydrogens (tertiary/aromatic N) is 2. The molecule has 4 atom stereocenters. The van der Waals surface area contributed by atoms with Gasteiger partial charge in [0, 0.05) is 13.1 Å². The van der Waals surface area contributed by atoms with Crippen LogP contribution in [0.5, 0.6) is 0 Å². The van der Waals surface area contributed by atoms with E-state index >= 15 is 0 Å². The molecule has 212 valence electrons. The first-order chi connectivity index (χ1) is 17.2. The van der Waals surface area contributed by atoms with Crippen molar-refractivity contribution in [3.8, 4) is 0 Å². The lowest BCUT2D eigenvalue weighted by atomic mass is 10.0. The minimum absolute atomic E-state index is 0.0766. The third-order valence-electron chi connectivity index (χ3n) is 5.41. The van der Waals surface area contributed by atoms with Crippen LogP contribution in [-0.2, 0) is 19.2 Å². The molecule has 15 nitrogen and oxygen atoms in total. The second-order valence-corrected chi connectivity index (χ2v) is 9.36. The van der Waals surface area contributed by atoms with Crippen molar-refractivity contribution in [3.05, 3.63) is 0 Å². The zero-order chi connectivity index (χ0) is 28.7. The molecule has 37 heavy (non-hydrogen) atoms. The van der Waals surface area contributed by atoms with Gasteiger partial charge in [-0.1, -0.05) is 27.7 Å². The summed E-state index contributed by atoms with van der Waals surface area (Å²) in [6.07, 6.45) is 0.928. The van der Waals surface area contributed by atoms with E-state index in [1.165, 1.54) is 0 Å². The van der Waals surface area contributed by atoms with Crippen LogP contribution in [0.4, 0.5) is 0 Å².